The molecule has 4 N–H and O–H groups in total. The highest BCUT2D eigenvalue weighted by molar-refractivity contribution is 7.89. The predicted octanol–water partition coefficient (Wildman–Crippen LogP) is 0.765. The Bertz CT molecular complexity index is 1080. The van der Waals surface area contributed by atoms with E-state index < -0.39 is 15.9 Å². The van der Waals surface area contributed by atoms with Crippen molar-refractivity contribution in [2.75, 3.05) is 25.5 Å². The number of hydrogen-bond acceptors (Lipinski definition) is 7. The van der Waals surface area contributed by atoms with Gasteiger partial charge in [-0.2, -0.15) is 0 Å². The topological polar surface area (TPSA) is 141 Å². The number of methoxy groups -OCH3 is 1. The number of nitrogens with two attached hydrogens (primary N) is 1. The summed E-state index contributed by atoms with van der Waals surface area (Å²) in [4.78, 5) is 11.4. The predicted molar refractivity (Wildman–Crippen MR) is 107 cm³/mol. The summed E-state index contributed by atoms with van der Waals surface area (Å²) < 4.78 is 34.1. The van der Waals surface area contributed by atoms with Crippen LogP contribution in [0.3, 0.4) is 0 Å². The number of nitrogens with one attached hydrogen (secondary N) is 2. The smallest absolute Gasteiger partial charge is 0.252 e. The quantitative estimate of drug-likeness (QED) is 0.437. The third kappa shape index (κ3) is 4.89. The van der Waals surface area contributed by atoms with Crippen molar-refractivity contribution in [3.8, 4) is 11.6 Å². The van der Waals surface area contributed by atoms with Crippen LogP contribution in [0.15, 0.2) is 59.8 Å². The van der Waals surface area contributed by atoms with Crippen molar-refractivity contribution in [3.05, 3.63) is 60.4 Å². The van der Waals surface area contributed by atoms with Crippen LogP contribution in [0.1, 0.15) is 10.4 Å². The fourth-order valence-electron chi connectivity index (χ4n) is 2.55. The van der Waals surface area contributed by atoms with Gasteiger partial charge in [-0.1, -0.05) is 0 Å². The van der Waals surface area contributed by atoms with Gasteiger partial charge in [0.05, 0.1) is 17.6 Å². The van der Waals surface area contributed by atoms with E-state index in [1.54, 1.807) is 12.1 Å². The maximum atomic E-state index is 12.4. The molecule has 0 radical (unpaired) electrons. The fourth-order valence-corrected chi connectivity index (χ4v) is 3.61. The highest BCUT2D eigenvalue weighted by atomic mass is 32.2. The molecule has 2 heterocycles. The van der Waals surface area contributed by atoms with Gasteiger partial charge in [0.15, 0.2) is 5.82 Å². The van der Waals surface area contributed by atoms with E-state index in [1.807, 2.05) is 29.1 Å². The molecule has 1 aromatic carbocycles. The molecule has 0 saturated heterocycles. The highest BCUT2D eigenvalue weighted by Gasteiger charge is 2.18. The molecule has 0 spiro atoms. The van der Waals surface area contributed by atoms with Crippen LogP contribution >= 0.6 is 0 Å². The molecule has 0 aliphatic heterocycles. The molecule has 10 nitrogen and oxygen atoms in total. The SMILES string of the molecule is COc1ccc(S(=O)(=O)NCCNc2ccc(-n3cccc3)nn2)cc1C(N)=O. The van der Waals surface area contributed by atoms with E-state index in [0.29, 0.717) is 11.6 Å². The molecular weight excluding hydrogens is 396 g/mol. The second kappa shape index (κ2) is 8.71. The Labute approximate surface area is 167 Å². The number of carbonyl (C=O) groups excluding carboxylic acids is 1. The van der Waals surface area contributed by atoms with E-state index in [0.717, 1.165) is 0 Å². The number of hydrogen-bond donors (Lipinski definition) is 3. The van der Waals surface area contributed by atoms with Gasteiger partial charge < -0.3 is 20.4 Å². The third-order valence-corrected chi connectivity index (χ3v) is 5.45. The molecule has 0 bridgehead atoms. The van der Waals surface area contributed by atoms with Crippen molar-refractivity contribution in [2.45, 2.75) is 4.90 Å². The normalized spacial score (nSPS) is 11.2. The summed E-state index contributed by atoms with van der Waals surface area (Å²) in [5.74, 6) is 0.620. The van der Waals surface area contributed by atoms with Crippen molar-refractivity contribution in [3.63, 3.8) is 0 Å². The Morgan fingerprint density at radius 3 is 2.52 bits per heavy atom. The minimum absolute atomic E-state index is 0.00782. The van der Waals surface area contributed by atoms with Crippen LogP contribution in [0.4, 0.5) is 5.82 Å². The van der Waals surface area contributed by atoms with Crippen LogP contribution in [-0.4, -0.2) is 49.3 Å². The lowest BCUT2D eigenvalue weighted by Gasteiger charge is -2.11. The van der Waals surface area contributed by atoms with E-state index in [9.17, 15) is 13.2 Å². The number of aromatic nitrogens is 3. The molecule has 0 unspecified atom stereocenters. The Kier molecular flexibility index (Phi) is 6.10. The van der Waals surface area contributed by atoms with Crippen LogP contribution < -0.4 is 20.5 Å². The maximum absolute atomic E-state index is 12.4. The van der Waals surface area contributed by atoms with Gasteiger partial charge >= 0.3 is 0 Å². The summed E-state index contributed by atoms with van der Waals surface area (Å²) in [5.41, 5.74) is 5.26. The highest BCUT2D eigenvalue weighted by Crippen LogP contribution is 2.21. The Balaban J connectivity index is 1.57. The second-order valence-corrected chi connectivity index (χ2v) is 7.68. The molecule has 0 saturated carbocycles. The van der Waals surface area contributed by atoms with Gasteiger partial charge in [-0.05, 0) is 42.5 Å². The number of ether oxygens (including phenoxy) is 1. The summed E-state index contributed by atoms with van der Waals surface area (Å²) in [5, 5.41) is 11.1. The molecule has 11 heteroatoms. The van der Waals surface area contributed by atoms with Crippen molar-refractivity contribution < 1.29 is 17.9 Å². The third-order valence-electron chi connectivity index (χ3n) is 3.99. The average Bonchev–Trinajstić information content (AvgIpc) is 3.26. The van der Waals surface area contributed by atoms with E-state index >= 15 is 0 Å². The summed E-state index contributed by atoms with van der Waals surface area (Å²) in [6, 6.07) is 11.2. The van der Waals surface area contributed by atoms with Crippen molar-refractivity contribution in [1.29, 1.82) is 0 Å². The minimum atomic E-state index is -3.82. The second-order valence-electron chi connectivity index (χ2n) is 5.92. The van der Waals surface area contributed by atoms with Crippen LogP contribution in [-0.2, 0) is 10.0 Å². The fraction of sp³-hybridized carbons (Fsp3) is 0.167. The first-order valence-electron chi connectivity index (χ1n) is 8.59. The van der Waals surface area contributed by atoms with Gasteiger partial charge in [-0.3, -0.25) is 4.79 Å². The minimum Gasteiger partial charge on any atom is -0.496 e. The van der Waals surface area contributed by atoms with E-state index in [1.165, 1.54) is 25.3 Å². The van der Waals surface area contributed by atoms with Crippen molar-refractivity contribution >= 4 is 21.7 Å². The van der Waals surface area contributed by atoms with Gasteiger partial charge in [0.25, 0.3) is 5.91 Å². The lowest BCUT2D eigenvalue weighted by Crippen LogP contribution is -2.29. The van der Waals surface area contributed by atoms with Crippen LogP contribution in [0.25, 0.3) is 5.82 Å². The maximum Gasteiger partial charge on any atom is 0.252 e. The molecule has 1 amide bonds. The Hall–Kier alpha value is -3.44. The number of rotatable bonds is 9. The van der Waals surface area contributed by atoms with E-state index in [2.05, 4.69) is 20.2 Å². The van der Waals surface area contributed by atoms with Gasteiger partial charge in [0.1, 0.15) is 11.6 Å². The van der Waals surface area contributed by atoms with E-state index in [4.69, 9.17) is 10.5 Å². The lowest BCUT2D eigenvalue weighted by atomic mass is 10.2. The number of carbonyl (C=O) groups is 1. The lowest BCUT2D eigenvalue weighted by molar-refractivity contribution is 0.0997. The zero-order valence-corrected chi connectivity index (χ0v) is 16.4. The summed E-state index contributed by atoms with van der Waals surface area (Å²) in [6.07, 6.45) is 3.71. The summed E-state index contributed by atoms with van der Waals surface area (Å²) >= 11 is 0. The molecule has 29 heavy (non-hydrogen) atoms. The Morgan fingerprint density at radius 1 is 1.14 bits per heavy atom. The van der Waals surface area contributed by atoms with Crippen LogP contribution in [0.5, 0.6) is 5.75 Å². The van der Waals surface area contributed by atoms with Crippen molar-refractivity contribution in [1.82, 2.24) is 19.5 Å². The molecule has 3 rings (SSSR count). The average molecular weight is 416 g/mol. The largest absolute Gasteiger partial charge is 0.496 e. The molecule has 0 aliphatic rings. The van der Waals surface area contributed by atoms with Gasteiger partial charge in [0, 0.05) is 25.5 Å². The molecule has 3 aromatic rings. The van der Waals surface area contributed by atoms with E-state index in [-0.39, 0.29) is 29.3 Å². The molecule has 0 fully saturated rings. The first-order valence-corrected chi connectivity index (χ1v) is 10.1. The number of benzene rings is 1. The number of anilines is 1. The Morgan fingerprint density at radius 2 is 1.90 bits per heavy atom. The van der Waals surface area contributed by atoms with Crippen LogP contribution in [0, 0.1) is 0 Å². The summed E-state index contributed by atoms with van der Waals surface area (Å²) in [6.45, 7) is 0.386. The molecule has 152 valence electrons. The molecule has 2 aromatic heterocycles. The van der Waals surface area contributed by atoms with Gasteiger partial charge in [-0.25, -0.2) is 13.1 Å². The molecule has 0 atom stereocenters. The zero-order valence-electron chi connectivity index (χ0n) is 15.6. The van der Waals surface area contributed by atoms with Crippen LogP contribution in [0.2, 0.25) is 0 Å². The monoisotopic (exact) mass is 416 g/mol. The molecule has 0 aliphatic carbocycles. The first kappa shape index (κ1) is 20.3. The number of amides is 1. The number of sulfonamides is 1. The molecular formula is C18H20N6O4S. The van der Waals surface area contributed by atoms with Crippen molar-refractivity contribution in [2.24, 2.45) is 5.73 Å². The standard InChI is InChI=1S/C18H20N6O4S/c1-28-15-5-4-13(12-14(15)18(19)25)29(26,27)21-9-8-20-16-6-7-17(23-22-16)24-10-2-3-11-24/h2-7,10-12,21H,8-9H2,1H3,(H2,19,25)(H,20,22). The van der Waals surface area contributed by atoms with Gasteiger partial charge in [0.2, 0.25) is 10.0 Å². The summed E-state index contributed by atoms with van der Waals surface area (Å²) in [7, 11) is -2.46. The zero-order chi connectivity index (χ0) is 20.9. The first-order chi connectivity index (χ1) is 13.9. The number of nitrogens with zero attached hydrogens (tertiary/aromatic N) is 3. The van der Waals surface area contributed by atoms with Gasteiger partial charge in [-0.15, -0.1) is 10.2 Å². The number of primary amides is 1.